The topological polar surface area (TPSA) is 44.7 Å². The third-order valence-electron chi connectivity index (χ3n) is 3.64. The van der Waals surface area contributed by atoms with Crippen LogP contribution in [0.5, 0.6) is 5.75 Å². The molecule has 4 nitrogen and oxygen atoms in total. The Kier molecular flexibility index (Phi) is 7.59. The van der Waals surface area contributed by atoms with E-state index >= 15 is 0 Å². The Labute approximate surface area is 122 Å². The maximum absolute atomic E-state index is 10.0. The highest BCUT2D eigenvalue weighted by Crippen LogP contribution is 2.17. The Hall–Kier alpha value is -1.10. The molecule has 0 spiro atoms. The summed E-state index contributed by atoms with van der Waals surface area (Å²) in [6.07, 6.45) is -0.337. The summed E-state index contributed by atoms with van der Waals surface area (Å²) in [7, 11) is 1.67. The predicted octanol–water partition coefficient (Wildman–Crippen LogP) is 2.05. The number of nitrogens with zero attached hydrogens (tertiary/aromatic N) is 1. The van der Waals surface area contributed by atoms with Crippen molar-refractivity contribution in [1.82, 2.24) is 10.2 Å². The van der Waals surface area contributed by atoms with Crippen molar-refractivity contribution in [3.8, 4) is 5.75 Å². The second-order valence-electron chi connectivity index (χ2n) is 5.04. The summed E-state index contributed by atoms with van der Waals surface area (Å²) >= 11 is 0. The minimum Gasteiger partial charge on any atom is -0.497 e. The van der Waals surface area contributed by atoms with E-state index in [-0.39, 0.29) is 12.1 Å². The Morgan fingerprint density at radius 1 is 1.20 bits per heavy atom. The summed E-state index contributed by atoms with van der Waals surface area (Å²) in [6, 6.07) is 8.23. The lowest BCUT2D eigenvalue weighted by molar-refractivity contribution is 0.114. The molecule has 1 aromatic carbocycles. The molecule has 2 unspecified atom stereocenters. The molecule has 2 N–H and O–H groups in total. The van der Waals surface area contributed by atoms with Crippen LogP contribution in [-0.2, 0) is 0 Å². The van der Waals surface area contributed by atoms with Gasteiger partial charge in [0.05, 0.1) is 13.2 Å². The van der Waals surface area contributed by atoms with E-state index < -0.39 is 0 Å². The van der Waals surface area contributed by atoms with Crippen LogP contribution in [0.3, 0.4) is 0 Å². The van der Waals surface area contributed by atoms with E-state index in [1.165, 1.54) is 5.56 Å². The van der Waals surface area contributed by atoms with Gasteiger partial charge in [0.2, 0.25) is 0 Å². The Morgan fingerprint density at radius 2 is 1.80 bits per heavy atom. The highest BCUT2D eigenvalue weighted by atomic mass is 16.5. The minimum absolute atomic E-state index is 0.215. The molecule has 1 aromatic rings. The van der Waals surface area contributed by atoms with Gasteiger partial charge in [-0.2, -0.15) is 0 Å². The molecule has 0 aliphatic carbocycles. The SMILES string of the molecule is CCN(CC)CC(O)CNC(C)c1ccc(OC)cc1. The van der Waals surface area contributed by atoms with Crippen LogP contribution in [0.2, 0.25) is 0 Å². The van der Waals surface area contributed by atoms with Gasteiger partial charge in [-0.1, -0.05) is 26.0 Å². The molecule has 0 amide bonds. The molecule has 1 rings (SSSR count). The van der Waals surface area contributed by atoms with Crippen LogP contribution in [0, 0.1) is 0 Å². The predicted molar refractivity (Wildman–Crippen MR) is 83.2 cm³/mol. The lowest BCUT2D eigenvalue weighted by Gasteiger charge is -2.23. The first-order chi connectivity index (χ1) is 9.60. The quantitative estimate of drug-likeness (QED) is 0.727. The second kappa shape index (κ2) is 8.95. The first-order valence-electron chi connectivity index (χ1n) is 7.38. The van der Waals surface area contributed by atoms with E-state index in [0.717, 1.165) is 25.4 Å². The molecule has 0 fully saturated rings. The Bertz CT molecular complexity index is 363. The van der Waals surface area contributed by atoms with Crippen molar-refractivity contribution in [2.75, 3.05) is 33.3 Å². The number of hydrogen-bond donors (Lipinski definition) is 2. The molecule has 0 radical (unpaired) electrons. The average molecular weight is 280 g/mol. The fourth-order valence-corrected chi connectivity index (χ4v) is 2.17. The second-order valence-corrected chi connectivity index (χ2v) is 5.04. The molecular formula is C16H28N2O2. The van der Waals surface area contributed by atoms with Crippen LogP contribution in [-0.4, -0.2) is 49.4 Å². The van der Waals surface area contributed by atoms with Gasteiger partial charge in [-0.15, -0.1) is 0 Å². The Balaban J connectivity index is 2.39. The van der Waals surface area contributed by atoms with Gasteiger partial charge < -0.3 is 20.1 Å². The lowest BCUT2D eigenvalue weighted by Crippen LogP contribution is -2.38. The molecule has 114 valence electrons. The number of hydrogen-bond acceptors (Lipinski definition) is 4. The third kappa shape index (κ3) is 5.49. The largest absolute Gasteiger partial charge is 0.497 e. The van der Waals surface area contributed by atoms with E-state index in [4.69, 9.17) is 4.74 Å². The van der Waals surface area contributed by atoms with E-state index in [1.54, 1.807) is 7.11 Å². The maximum Gasteiger partial charge on any atom is 0.118 e. The average Bonchev–Trinajstić information content (AvgIpc) is 2.50. The van der Waals surface area contributed by atoms with Crippen molar-refractivity contribution in [2.24, 2.45) is 0 Å². The van der Waals surface area contributed by atoms with E-state index in [1.807, 2.05) is 24.3 Å². The van der Waals surface area contributed by atoms with Gasteiger partial charge in [0.25, 0.3) is 0 Å². The minimum atomic E-state index is -0.337. The number of benzene rings is 1. The van der Waals surface area contributed by atoms with Gasteiger partial charge >= 0.3 is 0 Å². The number of ether oxygens (including phenoxy) is 1. The molecule has 0 bridgehead atoms. The van der Waals surface area contributed by atoms with Crippen molar-refractivity contribution in [2.45, 2.75) is 32.9 Å². The zero-order valence-corrected chi connectivity index (χ0v) is 13.1. The smallest absolute Gasteiger partial charge is 0.118 e. The summed E-state index contributed by atoms with van der Waals surface area (Å²) < 4.78 is 5.15. The van der Waals surface area contributed by atoms with Gasteiger partial charge in [0.15, 0.2) is 0 Å². The van der Waals surface area contributed by atoms with Crippen LogP contribution in [0.15, 0.2) is 24.3 Å². The Morgan fingerprint density at radius 3 is 2.30 bits per heavy atom. The normalized spacial score (nSPS) is 14.3. The van der Waals surface area contributed by atoms with Crippen molar-refractivity contribution in [3.05, 3.63) is 29.8 Å². The number of rotatable bonds is 9. The fraction of sp³-hybridized carbons (Fsp3) is 0.625. The van der Waals surface area contributed by atoms with E-state index in [2.05, 4.69) is 31.0 Å². The zero-order chi connectivity index (χ0) is 15.0. The van der Waals surface area contributed by atoms with Crippen LogP contribution < -0.4 is 10.1 Å². The first-order valence-corrected chi connectivity index (χ1v) is 7.38. The van der Waals surface area contributed by atoms with Crippen LogP contribution >= 0.6 is 0 Å². The van der Waals surface area contributed by atoms with Crippen LogP contribution in [0.1, 0.15) is 32.4 Å². The van der Waals surface area contributed by atoms with Crippen LogP contribution in [0.4, 0.5) is 0 Å². The molecule has 0 heterocycles. The molecule has 0 aliphatic heterocycles. The van der Waals surface area contributed by atoms with Crippen molar-refractivity contribution >= 4 is 0 Å². The number of nitrogens with one attached hydrogen (secondary N) is 1. The van der Waals surface area contributed by atoms with Gasteiger partial charge in [-0.3, -0.25) is 0 Å². The van der Waals surface area contributed by atoms with Gasteiger partial charge in [-0.05, 0) is 37.7 Å². The van der Waals surface area contributed by atoms with E-state index in [9.17, 15) is 5.11 Å². The molecular weight excluding hydrogens is 252 g/mol. The summed E-state index contributed by atoms with van der Waals surface area (Å²) in [5, 5.41) is 13.4. The molecule has 0 aliphatic rings. The molecule has 0 saturated carbocycles. The highest BCUT2D eigenvalue weighted by molar-refractivity contribution is 5.28. The maximum atomic E-state index is 10.0. The molecule has 20 heavy (non-hydrogen) atoms. The number of aliphatic hydroxyl groups is 1. The molecule has 0 saturated heterocycles. The molecule has 2 atom stereocenters. The number of aliphatic hydroxyl groups excluding tert-OH is 1. The highest BCUT2D eigenvalue weighted by Gasteiger charge is 2.11. The van der Waals surface area contributed by atoms with Crippen molar-refractivity contribution in [3.63, 3.8) is 0 Å². The standard InChI is InChI=1S/C16H28N2O2/c1-5-18(6-2)12-15(19)11-17-13(3)14-7-9-16(20-4)10-8-14/h7-10,13,15,17,19H,5-6,11-12H2,1-4H3. The first kappa shape index (κ1) is 17.0. The van der Waals surface area contributed by atoms with Crippen molar-refractivity contribution in [1.29, 1.82) is 0 Å². The van der Waals surface area contributed by atoms with E-state index in [0.29, 0.717) is 6.54 Å². The van der Waals surface area contributed by atoms with Crippen molar-refractivity contribution < 1.29 is 9.84 Å². The zero-order valence-electron chi connectivity index (χ0n) is 13.1. The molecule has 0 aromatic heterocycles. The van der Waals surface area contributed by atoms with Gasteiger partial charge in [0, 0.05) is 19.1 Å². The molecule has 4 heteroatoms. The summed E-state index contributed by atoms with van der Waals surface area (Å²) in [6.45, 7) is 9.60. The summed E-state index contributed by atoms with van der Waals surface area (Å²) in [5.41, 5.74) is 1.20. The summed E-state index contributed by atoms with van der Waals surface area (Å²) in [4.78, 5) is 2.23. The monoisotopic (exact) mass is 280 g/mol. The summed E-state index contributed by atoms with van der Waals surface area (Å²) in [5.74, 6) is 0.863. The lowest BCUT2D eigenvalue weighted by atomic mass is 10.1. The number of methoxy groups -OCH3 is 1. The van der Waals surface area contributed by atoms with Gasteiger partial charge in [-0.25, -0.2) is 0 Å². The van der Waals surface area contributed by atoms with Crippen LogP contribution in [0.25, 0.3) is 0 Å². The van der Waals surface area contributed by atoms with Gasteiger partial charge in [0.1, 0.15) is 5.75 Å². The number of likely N-dealkylation sites (N-methyl/N-ethyl adjacent to an activating group) is 1. The third-order valence-corrected chi connectivity index (χ3v) is 3.64. The fourth-order valence-electron chi connectivity index (χ4n) is 2.17.